The molecule has 1 aliphatic rings. The minimum absolute atomic E-state index is 0.0278. The van der Waals surface area contributed by atoms with Crippen LogP contribution in [0.25, 0.3) is 0 Å². The van der Waals surface area contributed by atoms with Crippen molar-refractivity contribution in [3.63, 3.8) is 0 Å². The molecular formula is C18H18N4O4. The molecular weight excluding hydrogens is 336 g/mol. The molecule has 0 saturated heterocycles. The van der Waals surface area contributed by atoms with E-state index in [2.05, 4.69) is 15.4 Å². The van der Waals surface area contributed by atoms with E-state index < -0.39 is 17.5 Å². The van der Waals surface area contributed by atoms with Gasteiger partial charge in [-0.3, -0.25) is 4.68 Å². The second-order valence-corrected chi connectivity index (χ2v) is 5.76. The second kappa shape index (κ2) is 6.83. The third-order valence-corrected chi connectivity index (χ3v) is 4.12. The van der Waals surface area contributed by atoms with Crippen LogP contribution in [0.5, 0.6) is 0 Å². The van der Waals surface area contributed by atoms with E-state index >= 15 is 0 Å². The van der Waals surface area contributed by atoms with Crippen LogP contribution in [0.3, 0.4) is 0 Å². The highest BCUT2D eigenvalue weighted by atomic mass is 16.4. The fraction of sp³-hybridized carbons (Fsp3) is 0.222. The van der Waals surface area contributed by atoms with Crippen molar-refractivity contribution < 1.29 is 19.8 Å². The molecule has 26 heavy (non-hydrogen) atoms. The number of hydrogen-bond donors (Lipinski definition) is 3. The summed E-state index contributed by atoms with van der Waals surface area (Å²) in [5, 5.41) is 26.2. The lowest BCUT2D eigenvalue weighted by atomic mass is 10.0. The van der Waals surface area contributed by atoms with E-state index in [0.717, 1.165) is 16.8 Å². The van der Waals surface area contributed by atoms with Gasteiger partial charge in [0.15, 0.2) is 5.57 Å². The predicted molar refractivity (Wildman–Crippen MR) is 95.5 cm³/mol. The van der Waals surface area contributed by atoms with Crippen molar-refractivity contribution in [2.75, 3.05) is 11.9 Å². The van der Waals surface area contributed by atoms with Gasteiger partial charge in [0.2, 0.25) is 0 Å². The highest BCUT2D eigenvalue weighted by Crippen LogP contribution is 2.28. The molecule has 8 nitrogen and oxygen atoms in total. The number of anilines is 1. The third-order valence-electron chi connectivity index (χ3n) is 4.12. The van der Waals surface area contributed by atoms with Crippen molar-refractivity contribution in [3.8, 4) is 0 Å². The molecule has 0 bridgehead atoms. The number of hydrogen-bond acceptors (Lipinski definition) is 5. The Bertz CT molecular complexity index is 926. The van der Waals surface area contributed by atoms with Gasteiger partial charge in [-0.05, 0) is 6.42 Å². The number of nitrogens with one attached hydrogen (secondary N) is 1. The van der Waals surface area contributed by atoms with E-state index in [-0.39, 0.29) is 12.2 Å². The molecule has 1 aliphatic heterocycles. The van der Waals surface area contributed by atoms with E-state index in [0.29, 0.717) is 18.0 Å². The number of nitrogens with zero attached hydrogens (tertiary/aromatic N) is 3. The van der Waals surface area contributed by atoms with Gasteiger partial charge in [-0.25, -0.2) is 14.6 Å². The predicted octanol–water partition coefficient (Wildman–Crippen LogP) is 1.67. The zero-order valence-corrected chi connectivity index (χ0v) is 14.4. The molecule has 1 aromatic carbocycles. The lowest BCUT2D eigenvalue weighted by Crippen LogP contribution is -2.18. The van der Waals surface area contributed by atoms with Crippen LogP contribution in [0, 0.1) is 0 Å². The molecule has 3 rings (SSSR count). The highest BCUT2D eigenvalue weighted by molar-refractivity contribution is 6.19. The molecule has 8 heteroatoms. The van der Waals surface area contributed by atoms with Crippen molar-refractivity contribution in [2.24, 2.45) is 12.0 Å². The first-order valence-electron chi connectivity index (χ1n) is 8.08. The van der Waals surface area contributed by atoms with Crippen molar-refractivity contribution >= 4 is 23.5 Å². The molecule has 2 aromatic rings. The Morgan fingerprint density at radius 2 is 1.85 bits per heavy atom. The van der Waals surface area contributed by atoms with Gasteiger partial charge in [-0.15, -0.1) is 0 Å². The number of aromatic nitrogens is 2. The van der Waals surface area contributed by atoms with E-state index in [1.165, 1.54) is 0 Å². The van der Waals surface area contributed by atoms with Crippen molar-refractivity contribution in [2.45, 2.75) is 13.3 Å². The summed E-state index contributed by atoms with van der Waals surface area (Å²) in [6.07, 6.45) is 0.653. The number of carboxylic acids is 2. The summed E-state index contributed by atoms with van der Waals surface area (Å²) in [5.41, 5.74) is 2.03. The Hall–Kier alpha value is -3.42. The van der Waals surface area contributed by atoms with Gasteiger partial charge in [0.1, 0.15) is 5.82 Å². The standard InChI is InChI=1S/C18H18N4O4/c1-3-11-13-15(10-7-5-4-6-8-10)20-12(14(17(23)24)18(25)26)9-19-16(13)22(2)21-11/h4-8,19H,3,9H2,1-2H3,(H,23,24)(H,25,26). The Labute approximate surface area is 149 Å². The van der Waals surface area contributed by atoms with Gasteiger partial charge in [0, 0.05) is 12.6 Å². The molecule has 2 heterocycles. The van der Waals surface area contributed by atoms with Gasteiger partial charge in [0.05, 0.1) is 29.2 Å². The zero-order chi connectivity index (χ0) is 18.8. The van der Waals surface area contributed by atoms with E-state index in [4.69, 9.17) is 0 Å². The van der Waals surface area contributed by atoms with Crippen molar-refractivity contribution in [1.82, 2.24) is 9.78 Å². The second-order valence-electron chi connectivity index (χ2n) is 5.76. The Kier molecular flexibility index (Phi) is 4.57. The maximum atomic E-state index is 11.4. The van der Waals surface area contributed by atoms with Crippen LogP contribution >= 0.6 is 0 Å². The number of carboxylic acid groups (broad SMARTS) is 2. The molecule has 134 valence electrons. The quantitative estimate of drug-likeness (QED) is 0.437. The molecule has 0 unspecified atom stereocenters. The highest BCUT2D eigenvalue weighted by Gasteiger charge is 2.28. The largest absolute Gasteiger partial charge is 0.477 e. The number of rotatable bonds is 4. The maximum absolute atomic E-state index is 11.4. The maximum Gasteiger partial charge on any atom is 0.345 e. The van der Waals surface area contributed by atoms with Crippen LogP contribution in [-0.2, 0) is 23.1 Å². The van der Waals surface area contributed by atoms with Gasteiger partial charge < -0.3 is 15.5 Å². The first-order chi connectivity index (χ1) is 12.4. The first kappa shape index (κ1) is 17.4. The number of carbonyl (C=O) groups is 2. The van der Waals surface area contributed by atoms with Gasteiger partial charge >= 0.3 is 11.9 Å². The number of fused-ring (bicyclic) bond motifs is 1. The summed E-state index contributed by atoms with van der Waals surface area (Å²) in [6, 6.07) is 9.24. The lowest BCUT2D eigenvalue weighted by molar-refractivity contribution is -0.140. The van der Waals surface area contributed by atoms with Gasteiger partial charge in [-0.1, -0.05) is 37.3 Å². The molecule has 3 N–H and O–H groups in total. The minimum atomic E-state index is -1.52. The number of aliphatic carboxylic acids is 2. The van der Waals surface area contributed by atoms with Crippen LogP contribution in [0.1, 0.15) is 23.7 Å². The summed E-state index contributed by atoms with van der Waals surface area (Å²) in [5.74, 6) is -2.37. The Morgan fingerprint density at radius 1 is 1.19 bits per heavy atom. The zero-order valence-electron chi connectivity index (χ0n) is 14.4. The molecule has 0 radical (unpaired) electrons. The molecule has 1 aromatic heterocycles. The molecule has 0 aliphatic carbocycles. The summed E-state index contributed by atoms with van der Waals surface area (Å²) in [7, 11) is 1.78. The van der Waals surface area contributed by atoms with Crippen molar-refractivity contribution in [1.29, 1.82) is 0 Å². The normalized spacial score (nSPS) is 13.3. The minimum Gasteiger partial charge on any atom is -0.477 e. The van der Waals surface area contributed by atoms with Crippen LogP contribution in [0.2, 0.25) is 0 Å². The number of aryl methyl sites for hydroxylation is 2. The SMILES string of the molecule is CCc1nn(C)c2c1C(c1ccccc1)=NC(=C(C(=O)O)C(=O)O)CN2. The smallest absolute Gasteiger partial charge is 0.345 e. The fourth-order valence-corrected chi connectivity index (χ4v) is 2.96. The van der Waals surface area contributed by atoms with Crippen LogP contribution < -0.4 is 5.32 Å². The van der Waals surface area contributed by atoms with Gasteiger partial charge in [-0.2, -0.15) is 5.10 Å². The molecule has 0 spiro atoms. The number of aliphatic imine (C=N–C) groups is 1. The Morgan fingerprint density at radius 3 is 2.42 bits per heavy atom. The summed E-state index contributed by atoms with van der Waals surface area (Å²) < 4.78 is 1.66. The summed E-state index contributed by atoms with van der Waals surface area (Å²) >= 11 is 0. The average molecular weight is 354 g/mol. The van der Waals surface area contributed by atoms with Crippen LogP contribution in [-0.4, -0.2) is 44.2 Å². The summed E-state index contributed by atoms with van der Waals surface area (Å²) in [6.45, 7) is 1.94. The van der Waals surface area contributed by atoms with Crippen LogP contribution in [0.4, 0.5) is 5.82 Å². The third kappa shape index (κ3) is 2.97. The van der Waals surface area contributed by atoms with E-state index in [1.807, 2.05) is 37.3 Å². The monoisotopic (exact) mass is 354 g/mol. The molecule has 0 amide bonds. The molecule has 0 fully saturated rings. The first-order valence-corrected chi connectivity index (χ1v) is 8.08. The number of benzene rings is 1. The van der Waals surface area contributed by atoms with Gasteiger partial charge in [0.25, 0.3) is 0 Å². The van der Waals surface area contributed by atoms with Crippen LogP contribution in [0.15, 0.2) is 46.6 Å². The average Bonchev–Trinajstić information content (AvgIpc) is 2.80. The summed E-state index contributed by atoms with van der Waals surface area (Å²) in [4.78, 5) is 27.4. The van der Waals surface area contributed by atoms with Crippen molar-refractivity contribution in [3.05, 3.63) is 58.4 Å². The fourth-order valence-electron chi connectivity index (χ4n) is 2.96. The molecule has 0 atom stereocenters. The topological polar surface area (TPSA) is 117 Å². The molecule has 0 saturated carbocycles. The lowest BCUT2D eigenvalue weighted by Gasteiger charge is -2.07. The van der Waals surface area contributed by atoms with E-state index in [1.54, 1.807) is 11.7 Å². The van der Waals surface area contributed by atoms with E-state index in [9.17, 15) is 19.8 Å². The Balaban J connectivity index is 2.33.